The topological polar surface area (TPSA) is 27.1 Å². The van der Waals surface area contributed by atoms with Gasteiger partial charge in [0.2, 0.25) is 0 Å². The first-order valence-electron chi connectivity index (χ1n) is 7.40. The monoisotopic (exact) mass is 324 g/mol. The van der Waals surface area contributed by atoms with Crippen LogP contribution in [0.2, 0.25) is 0 Å². The van der Waals surface area contributed by atoms with Crippen molar-refractivity contribution >= 4 is 34.4 Å². The molecular formula is C16H21ClN2OS. The van der Waals surface area contributed by atoms with Crippen LogP contribution in [0.3, 0.4) is 0 Å². The van der Waals surface area contributed by atoms with E-state index in [1.807, 2.05) is 23.9 Å². The first kappa shape index (κ1) is 15.0. The molecule has 1 saturated carbocycles. The Kier molecular flexibility index (Phi) is 4.65. The van der Waals surface area contributed by atoms with Crippen molar-refractivity contribution in [1.82, 2.24) is 9.55 Å². The molecule has 0 spiro atoms. The van der Waals surface area contributed by atoms with Crippen molar-refractivity contribution in [3.05, 3.63) is 24.0 Å². The van der Waals surface area contributed by atoms with Gasteiger partial charge in [0.05, 0.1) is 24.0 Å². The highest BCUT2D eigenvalue weighted by Crippen LogP contribution is 2.37. The second kappa shape index (κ2) is 6.49. The first-order valence-corrected chi connectivity index (χ1v) is 9.22. The van der Waals surface area contributed by atoms with E-state index in [0.717, 1.165) is 22.3 Å². The number of aromatic nitrogens is 2. The van der Waals surface area contributed by atoms with Crippen LogP contribution in [-0.2, 0) is 5.88 Å². The van der Waals surface area contributed by atoms with Crippen LogP contribution in [0.5, 0.6) is 5.75 Å². The van der Waals surface area contributed by atoms with Crippen LogP contribution in [0.25, 0.3) is 11.0 Å². The minimum absolute atomic E-state index is 0.456. The lowest BCUT2D eigenvalue weighted by Gasteiger charge is -2.30. The van der Waals surface area contributed by atoms with Crippen molar-refractivity contribution in [1.29, 1.82) is 0 Å². The molecule has 0 aliphatic heterocycles. The van der Waals surface area contributed by atoms with Crippen molar-refractivity contribution in [3.63, 3.8) is 0 Å². The Labute approximate surface area is 135 Å². The summed E-state index contributed by atoms with van der Waals surface area (Å²) in [7, 11) is 1.69. The maximum Gasteiger partial charge on any atom is 0.125 e. The number of hydrogen-bond acceptors (Lipinski definition) is 3. The van der Waals surface area contributed by atoms with Gasteiger partial charge in [-0.25, -0.2) is 4.98 Å². The van der Waals surface area contributed by atoms with Crippen molar-refractivity contribution < 1.29 is 4.74 Å². The minimum Gasteiger partial charge on any atom is -0.497 e. The van der Waals surface area contributed by atoms with Gasteiger partial charge in [0.1, 0.15) is 11.6 Å². The van der Waals surface area contributed by atoms with Crippen LogP contribution in [0.1, 0.15) is 37.5 Å². The molecule has 1 aliphatic carbocycles. The smallest absolute Gasteiger partial charge is 0.125 e. The number of halogens is 1. The molecular weight excluding hydrogens is 304 g/mol. The van der Waals surface area contributed by atoms with Gasteiger partial charge in [-0.2, -0.15) is 11.8 Å². The molecule has 0 radical (unpaired) electrons. The summed E-state index contributed by atoms with van der Waals surface area (Å²) in [4.78, 5) is 4.71. The molecule has 1 aromatic carbocycles. The molecule has 0 saturated heterocycles. The molecule has 114 valence electrons. The number of nitrogens with zero attached hydrogens (tertiary/aromatic N) is 2. The third kappa shape index (κ3) is 2.88. The molecule has 3 rings (SSSR count). The average Bonchev–Trinajstić information content (AvgIpc) is 2.92. The van der Waals surface area contributed by atoms with E-state index in [0.29, 0.717) is 11.9 Å². The van der Waals surface area contributed by atoms with Gasteiger partial charge in [-0.1, -0.05) is 6.42 Å². The number of thioether (sulfide) groups is 1. The van der Waals surface area contributed by atoms with Gasteiger partial charge in [0.15, 0.2) is 0 Å². The Bertz CT molecular complexity index is 628. The number of rotatable bonds is 4. The van der Waals surface area contributed by atoms with E-state index in [2.05, 4.69) is 16.9 Å². The normalized spacial score (nSPS) is 22.6. The summed E-state index contributed by atoms with van der Waals surface area (Å²) in [5, 5.41) is 0.752. The standard InChI is InChI=1S/C16H21ClN2OS/c1-20-12-6-7-15-14(9-12)18-16(10-17)19(15)11-4-3-5-13(8-11)21-2/h6-7,9,11,13H,3-5,8,10H2,1-2H3. The minimum atomic E-state index is 0.456. The Morgan fingerprint density at radius 3 is 3.00 bits per heavy atom. The number of imidazole rings is 1. The first-order chi connectivity index (χ1) is 10.3. The van der Waals surface area contributed by atoms with Gasteiger partial charge in [0, 0.05) is 17.4 Å². The van der Waals surface area contributed by atoms with Crippen LogP contribution in [0.4, 0.5) is 0 Å². The van der Waals surface area contributed by atoms with Gasteiger partial charge >= 0.3 is 0 Å². The summed E-state index contributed by atoms with van der Waals surface area (Å²) < 4.78 is 7.66. The fourth-order valence-electron chi connectivity index (χ4n) is 3.33. The maximum absolute atomic E-state index is 6.15. The van der Waals surface area contributed by atoms with Gasteiger partial charge in [-0.3, -0.25) is 0 Å². The molecule has 2 aromatic rings. The molecule has 2 atom stereocenters. The van der Waals surface area contributed by atoms with Crippen LogP contribution in [-0.4, -0.2) is 28.2 Å². The van der Waals surface area contributed by atoms with Crippen LogP contribution >= 0.6 is 23.4 Å². The third-order valence-corrected chi connectivity index (χ3v) is 5.72. The number of hydrogen-bond donors (Lipinski definition) is 0. The number of benzene rings is 1. The Morgan fingerprint density at radius 2 is 2.29 bits per heavy atom. The quantitative estimate of drug-likeness (QED) is 0.767. The highest BCUT2D eigenvalue weighted by Gasteiger charge is 2.26. The second-order valence-corrected chi connectivity index (χ2v) is 6.97. The van der Waals surface area contributed by atoms with Crippen molar-refractivity contribution in [3.8, 4) is 5.75 Å². The molecule has 2 unspecified atom stereocenters. The summed E-state index contributed by atoms with van der Waals surface area (Å²) >= 11 is 8.13. The zero-order chi connectivity index (χ0) is 14.8. The third-order valence-electron chi connectivity index (χ3n) is 4.39. The van der Waals surface area contributed by atoms with Crippen LogP contribution in [0.15, 0.2) is 18.2 Å². The summed E-state index contributed by atoms with van der Waals surface area (Å²) in [6.45, 7) is 0. The Morgan fingerprint density at radius 1 is 1.43 bits per heavy atom. The van der Waals surface area contributed by atoms with Gasteiger partial charge < -0.3 is 9.30 Å². The highest BCUT2D eigenvalue weighted by molar-refractivity contribution is 7.99. The molecule has 1 aromatic heterocycles. The Balaban J connectivity index is 2.03. The molecule has 1 heterocycles. The number of ether oxygens (including phenoxy) is 1. The fraction of sp³-hybridized carbons (Fsp3) is 0.562. The highest BCUT2D eigenvalue weighted by atomic mass is 35.5. The van der Waals surface area contributed by atoms with Crippen LogP contribution in [0, 0.1) is 0 Å². The zero-order valence-corrected chi connectivity index (χ0v) is 14.1. The molecule has 0 amide bonds. The molecule has 0 N–H and O–H groups in total. The molecule has 3 nitrogen and oxygen atoms in total. The van der Waals surface area contributed by atoms with E-state index in [1.54, 1.807) is 7.11 Å². The van der Waals surface area contributed by atoms with Gasteiger partial charge in [-0.15, -0.1) is 11.6 Å². The number of alkyl halides is 1. The molecule has 0 bridgehead atoms. The van der Waals surface area contributed by atoms with Gasteiger partial charge in [0.25, 0.3) is 0 Å². The SMILES string of the molecule is COc1ccc2c(c1)nc(CCl)n2C1CCCC(SC)C1. The summed E-state index contributed by atoms with van der Waals surface area (Å²) in [6.07, 6.45) is 7.26. The number of fused-ring (bicyclic) bond motifs is 1. The van der Waals surface area contributed by atoms with E-state index in [9.17, 15) is 0 Å². The summed E-state index contributed by atoms with van der Waals surface area (Å²) in [5.74, 6) is 2.28. The van der Waals surface area contributed by atoms with Crippen LogP contribution < -0.4 is 4.74 Å². The molecule has 5 heteroatoms. The van der Waals surface area contributed by atoms with Crippen molar-refractivity contribution in [2.45, 2.75) is 42.9 Å². The molecule has 21 heavy (non-hydrogen) atoms. The van der Waals surface area contributed by atoms with Gasteiger partial charge in [-0.05, 0) is 37.7 Å². The maximum atomic E-state index is 6.15. The lowest BCUT2D eigenvalue weighted by molar-refractivity contribution is 0.362. The lowest BCUT2D eigenvalue weighted by Crippen LogP contribution is -2.21. The van der Waals surface area contributed by atoms with Crippen molar-refractivity contribution in [2.24, 2.45) is 0 Å². The largest absolute Gasteiger partial charge is 0.497 e. The molecule has 1 aliphatic rings. The lowest BCUT2D eigenvalue weighted by atomic mass is 9.94. The second-order valence-electron chi connectivity index (χ2n) is 5.56. The van der Waals surface area contributed by atoms with E-state index in [-0.39, 0.29) is 0 Å². The fourth-order valence-corrected chi connectivity index (χ4v) is 4.33. The van der Waals surface area contributed by atoms with Crippen molar-refractivity contribution in [2.75, 3.05) is 13.4 Å². The van der Waals surface area contributed by atoms with E-state index < -0.39 is 0 Å². The predicted molar refractivity (Wildman–Crippen MR) is 90.7 cm³/mol. The summed E-state index contributed by atoms with van der Waals surface area (Å²) in [6, 6.07) is 6.63. The Hall–Kier alpha value is -0.870. The predicted octanol–water partition coefficient (Wildman–Crippen LogP) is 4.63. The van der Waals surface area contributed by atoms with E-state index in [1.165, 1.54) is 31.2 Å². The van der Waals surface area contributed by atoms with E-state index >= 15 is 0 Å². The molecule has 1 fully saturated rings. The van der Waals surface area contributed by atoms with E-state index in [4.69, 9.17) is 21.3 Å². The number of methoxy groups -OCH3 is 1. The summed E-state index contributed by atoms with van der Waals surface area (Å²) in [5.41, 5.74) is 2.16. The zero-order valence-electron chi connectivity index (χ0n) is 12.5. The average molecular weight is 325 g/mol.